The summed E-state index contributed by atoms with van der Waals surface area (Å²) >= 11 is 0. The second-order valence-electron chi connectivity index (χ2n) is 7.13. The van der Waals surface area contributed by atoms with Gasteiger partial charge >= 0.3 is 5.97 Å². The van der Waals surface area contributed by atoms with Gasteiger partial charge in [0.15, 0.2) is 0 Å². The minimum Gasteiger partial charge on any atom is -0.480 e. The van der Waals surface area contributed by atoms with Gasteiger partial charge in [0.05, 0.1) is 13.1 Å². The zero-order valence-corrected chi connectivity index (χ0v) is 15.4. The van der Waals surface area contributed by atoms with E-state index >= 15 is 0 Å². The molecule has 26 heavy (non-hydrogen) atoms. The smallest absolute Gasteiger partial charge is 0.317 e. The Hall–Kier alpha value is -2.18. The minimum absolute atomic E-state index is 0.117. The maximum absolute atomic E-state index is 10.9. The number of benzene rings is 1. The highest BCUT2D eigenvalue weighted by molar-refractivity contribution is 5.69. The van der Waals surface area contributed by atoms with Gasteiger partial charge in [-0.05, 0) is 38.4 Å². The van der Waals surface area contributed by atoms with Crippen molar-refractivity contribution in [3.63, 3.8) is 0 Å². The van der Waals surface area contributed by atoms with E-state index in [0.29, 0.717) is 6.04 Å². The van der Waals surface area contributed by atoms with E-state index in [9.17, 15) is 4.79 Å². The largest absolute Gasteiger partial charge is 0.480 e. The van der Waals surface area contributed by atoms with Crippen LogP contribution in [0, 0.1) is 0 Å². The average Bonchev–Trinajstić information content (AvgIpc) is 2.90. The van der Waals surface area contributed by atoms with Crippen LogP contribution in [0.2, 0.25) is 0 Å². The molecule has 1 fully saturated rings. The highest BCUT2D eigenvalue weighted by Gasteiger charge is 2.22. The number of carboxylic acids is 1. The van der Waals surface area contributed by atoms with E-state index in [1.165, 1.54) is 5.56 Å². The molecule has 1 aromatic heterocycles. The van der Waals surface area contributed by atoms with Crippen molar-refractivity contribution in [3.05, 3.63) is 54.1 Å². The predicted octanol–water partition coefficient (Wildman–Crippen LogP) is 2.30. The lowest BCUT2D eigenvalue weighted by Crippen LogP contribution is -2.36. The van der Waals surface area contributed by atoms with Crippen molar-refractivity contribution in [2.24, 2.45) is 0 Å². The summed E-state index contributed by atoms with van der Waals surface area (Å²) < 4.78 is 2.22. The van der Waals surface area contributed by atoms with Gasteiger partial charge in [-0.2, -0.15) is 0 Å². The molecule has 1 N–H and O–H groups in total. The fourth-order valence-corrected chi connectivity index (χ4v) is 3.70. The standard InChI is InChI=1S/C20H28N4O2/c1-22(16-20(25)26)18-8-5-11-23(12-9-18)15-19-21-10-13-24(19)14-17-6-3-2-4-7-17/h2-4,6-7,10,13,18H,5,8-9,11-12,14-16H2,1H3,(H,25,26). The van der Waals surface area contributed by atoms with Crippen LogP contribution in [-0.2, 0) is 17.9 Å². The van der Waals surface area contributed by atoms with Gasteiger partial charge in [-0.3, -0.25) is 14.6 Å². The molecular weight excluding hydrogens is 328 g/mol. The summed E-state index contributed by atoms with van der Waals surface area (Å²) in [6.07, 6.45) is 7.07. The molecule has 0 amide bonds. The van der Waals surface area contributed by atoms with Crippen molar-refractivity contribution in [3.8, 4) is 0 Å². The molecule has 6 nitrogen and oxygen atoms in total. The topological polar surface area (TPSA) is 61.6 Å². The molecule has 3 rings (SSSR count). The third-order valence-corrected chi connectivity index (χ3v) is 5.16. The fourth-order valence-electron chi connectivity index (χ4n) is 3.70. The number of rotatable bonds is 7. The Morgan fingerprint density at radius 2 is 2.04 bits per heavy atom. The molecule has 1 aliphatic rings. The molecule has 0 bridgehead atoms. The summed E-state index contributed by atoms with van der Waals surface area (Å²) in [5.74, 6) is 0.336. The molecule has 2 aromatic rings. The maximum Gasteiger partial charge on any atom is 0.317 e. The number of aliphatic carboxylic acids is 1. The normalized spacial score (nSPS) is 18.8. The summed E-state index contributed by atoms with van der Waals surface area (Å²) in [6, 6.07) is 10.8. The Labute approximate surface area is 155 Å². The number of carboxylic acid groups (broad SMARTS) is 1. The summed E-state index contributed by atoms with van der Waals surface area (Å²) in [5.41, 5.74) is 1.28. The molecule has 1 saturated heterocycles. The number of nitrogens with zero attached hydrogens (tertiary/aromatic N) is 4. The number of imidazole rings is 1. The van der Waals surface area contributed by atoms with Gasteiger partial charge in [0.1, 0.15) is 5.82 Å². The van der Waals surface area contributed by atoms with Crippen molar-refractivity contribution in [2.45, 2.75) is 38.4 Å². The van der Waals surface area contributed by atoms with Crippen molar-refractivity contribution in [2.75, 3.05) is 26.7 Å². The molecule has 1 atom stereocenters. The Morgan fingerprint density at radius 3 is 2.81 bits per heavy atom. The number of hydrogen-bond donors (Lipinski definition) is 1. The lowest BCUT2D eigenvalue weighted by molar-refractivity contribution is -0.138. The van der Waals surface area contributed by atoms with Crippen LogP contribution in [0.4, 0.5) is 0 Å². The number of likely N-dealkylation sites (N-methyl/N-ethyl adjacent to an activating group) is 1. The van der Waals surface area contributed by atoms with Crippen LogP contribution in [0.3, 0.4) is 0 Å². The first-order valence-electron chi connectivity index (χ1n) is 9.30. The molecule has 6 heteroatoms. The maximum atomic E-state index is 10.9. The zero-order chi connectivity index (χ0) is 18.4. The lowest BCUT2D eigenvalue weighted by Gasteiger charge is -2.25. The summed E-state index contributed by atoms with van der Waals surface area (Å²) in [6.45, 7) is 3.82. The number of likely N-dealkylation sites (tertiary alicyclic amines) is 1. The Bertz CT molecular complexity index is 701. The monoisotopic (exact) mass is 356 g/mol. The van der Waals surface area contributed by atoms with E-state index in [0.717, 1.165) is 51.3 Å². The minimum atomic E-state index is -0.753. The highest BCUT2D eigenvalue weighted by atomic mass is 16.4. The highest BCUT2D eigenvalue weighted by Crippen LogP contribution is 2.17. The fraction of sp³-hybridized carbons (Fsp3) is 0.500. The van der Waals surface area contributed by atoms with Crippen LogP contribution in [0.5, 0.6) is 0 Å². The van der Waals surface area contributed by atoms with E-state index in [2.05, 4.69) is 38.7 Å². The second kappa shape index (κ2) is 8.96. The van der Waals surface area contributed by atoms with E-state index in [-0.39, 0.29) is 6.54 Å². The molecule has 1 unspecified atom stereocenters. The van der Waals surface area contributed by atoms with Gasteiger partial charge in [-0.1, -0.05) is 30.3 Å². The molecule has 0 saturated carbocycles. The number of aromatic nitrogens is 2. The predicted molar refractivity (Wildman–Crippen MR) is 101 cm³/mol. The molecule has 0 radical (unpaired) electrons. The van der Waals surface area contributed by atoms with Crippen LogP contribution >= 0.6 is 0 Å². The second-order valence-corrected chi connectivity index (χ2v) is 7.13. The molecule has 1 aliphatic heterocycles. The van der Waals surface area contributed by atoms with E-state index in [4.69, 9.17) is 5.11 Å². The number of carbonyl (C=O) groups is 1. The number of hydrogen-bond acceptors (Lipinski definition) is 4. The third-order valence-electron chi connectivity index (χ3n) is 5.16. The van der Waals surface area contributed by atoms with Gasteiger partial charge in [0, 0.05) is 31.5 Å². The van der Waals surface area contributed by atoms with Crippen LogP contribution in [0.25, 0.3) is 0 Å². The molecule has 0 spiro atoms. The Balaban J connectivity index is 1.57. The lowest BCUT2D eigenvalue weighted by atomic mass is 10.1. The summed E-state index contributed by atoms with van der Waals surface area (Å²) in [7, 11) is 1.92. The van der Waals surface area contributed by atoms with Crippen molar-refractivity contribution < 1.29 is 9.90 Å². The molecule has 140 valence electrons. The van der Waals surface area contributed by atoms with E-state index in [1.54, 1.807) is 0 Å². The summed E-state index contributed by atoms with van der Waals surface area (Å²) in [5, 5.41) is 9.00. The van der Waals surface area contributed by atoms with Crippen molar-refractivity contribution in [1.29, 1.82) is 0 Å². The van der Waals surface area contributed by atoms with Gasteiger partial charge < -0.3 is 9.67 Å². The van der Waals surface area contributed by atoms with Crippen molar-refractivity contribution in [1.82, 2.24) is 19.4 Å². The molecule has 2 heterocycles. The Morgan fingerprint density at radius 1 is 1.23 bits per heavy atom. The molecule has 0 aliphatic carbocycles. The van der Waals surface area contributed by atoms with Crippen molar-refractivity contribution >= 4 is 5.97 Å². The van der Waals surface area contributed by atoms with Crippen LogP contribution in [0.1, 0.15) is 30.7 Å². The quantitative estimate of drug-likeness (QED) is 0.825. The molecular formula is C20H28N4O2. The van der Waals surface area contributed by atoms with Gasteiger partial charge in [-0.15, -0.1) is 0 Å². The first-order valence-corrected chi connectivity index (χ1v) is 9.30. The van der Waals surface area contributed by atoms with Crippen LogP contribution in [-0.4, -0.2) is 63.2 Å². The SMILES string of the molecule is CN(CC(=O)O)C1CCCN(Cc2nccn2Cc2ccccc2)CC1. The van der Waals surface area contributed by atoms with Crippen LogP contribution < -0.4 is 0 Å². The first kappa shape index (κ1) is 18.6. The van der Waals surface area contributed by atoms with Crippen LogP contribution in [0.15, 0.2) is 42.7 Å². The molecule has 1 aromatic carbocycles. The zero-order valence-electron chi connectivity index (χ0n) is 15.4. The first-order chi connectivity index (χ1) is 12.6. The van der Waals surface area contributed by atoms with E-state index < -0.39 is 5.97 Å². The van der Waals surface area contributed by atoms with Gasteiger partial charge in [-0.25, -0.2) is 4.98 Å². The third kappa shape index (κ3) is 5.16. The van der Waals surface area contributed by atoms with Gasteiger partial charge in [0.2, 0.25) is 0 Å². The summed E-state index contributed by atoms with van der Waals surface area (Å²) in [4.78, 5) is 19.9. The Kier molecular flexibility index (Phi) is 6.41. The van der Waals surface area contributed by atoms with E-state index in [1.807, 2.05) is 30.4 Å². The average molecular weight is 356 g/mol. The van der Waals surface area contributed by atoms with Gasteiger partial charge in [0.25, 0.3) is 0 Å².